The minimum atomic E-state index is 0.0667. The first-order valence-corrected chi connectivity index (χ1v) is 7.97. The maximum Gasteiger partial charge on any atom is 0.253 e. The summed E-state index contributed by atoms with van der Waals surface area (Å²) in [6, 6.07) is 7.31. The first kappa shape index (κ1) is 15.6. The summed E-state index contributed by atoms with van der Waals surface area (Å²) < 4.78 is 5.14. The number of benzene rings is 1. The fourth-order valence-electron chi connectivity index (χ4n) is 3.33. The van der Waals surface area contributed by atoms with E-state index in [4.69, 9.17) is 4.74 Å². The van der Waals surface area contributed by atoms with Crippen molar-refractivity contribution in [3.63, 3.8) is 0 Å². The lowest BCUT2D eigenvalue weighted by molar-refractivity contribution is 0.0673. The number of amides is 1. The first-order chi connectivity index (χ1) is 11.0. The second-order valence-corrected chi connectivity index (χ2v) is 6.51. The van der Waals surface area contributed by atoms with E-state index >= 15 is 0 Å². The predicted molar refractivity (Wildman–Crippen MR) is 88.8 cm³/mol. The minimum Gasteiger partial charge on any atom is -0.497 e. The summed E-state index contributed by atoms with van der Waals surface area (Å²) in [5, 5.41) is 7.28. The molecule has 5 heteroatoms. The Labute approximate surface area is 136 Å². The number of carbonyl (C=O) groups excluding carboxylic acids is 1. The molecule has 0 atom stereocenters. The normalized spacial score (nSPS) is 17.1. The van der Waals surface area contributed by atoms with Gasteiger partial charge in [0, 0.05) is 29.8 Å². The molecule has 1 aromatic carbocycles. The summed E-state index contributed by atoms with van der Waals surface area (Å²) in [5.74, 6) is 0.860. The van der Waals surface area contributed by atoms with Gasteiger partial charge in [0.05, 0.1) is 13.3 Å². The van der Waals surface area contributed by atoms with Crippen molar-refractivity contribution in [1.29, 1.82) is 0 Å². The molecule has 3 rings (SSSR count). The van der Waals surface area contributed by atoms with E-state index in [1.54, 1.807) is 7.11 Å². The Morgan fingerprint density at radius 1 is 1.26 bits per heavy atom. The molecule has 1 fully saturated rings. The maximum atomic E-state index is 12.6. The molecule has 1 aromatic heterocycles. The number of hydrogen-bond acceptors (Lipinski definition) is 3. The average molecular weight is 313 g/mol. The monoisotopic (exact) mass is 313 g/mol. The SMILES string of the molecule is COc1ccc(C(=O)N2CCC(C)(c3[nH]ncc3C)CC2)cc1. The highest BCUT2D eigenvalue weighted by atomic mass is 16.5. The fraction of sp³-hybridized carbons (Fsp3) is 0.444. The van der Waals surface area contributed by atoms with Crippen LogP contribution in [0.15, 0.2) is 30.5 Å². The summed E-state index contributed by atoms with van der Waals surface area (Å²) in [4.78, 5) is 14.6. The highest BCUT2D eigenvalue weighted by molar-refractivity contribution is 5.94. The number of methoxy groups -OCH3 is 1. The standard InChI is InChI=1S/C18H23N3O2/c1-13-12-19-20-16(13)18(2)8-10-21(11-9-18)17(22)14-4-6-15(23-3)7-5-14/h4-7,12H,8-11H2,1-3H3,(H,19,20). The number of H-pyrrole nitrogens is 1. The van der Waals surface area contributed by atoms with Crippen molar-refractivity contribution in [2.24, 2.45) is 0 Å². The zero-order chi connectivity index (χ0) is 16.4. The molecule has 0 unspecified atom stereocenters. The molecule has 1 N–H and O–H groups in total. The zero-order valence-electron chi connectivity index (χ0n) is 13.9. The van der Waals surface area contributed by atoms with Crippen molar-refractivity contribution in [3.8, 4) is 5.75 Å². The van der Waals surface area contributed by atoms with Crippen molar-refractivity contribution in [3.05, 3.63) is 47.3 Å². The van der Waals surface area contributed by atoms with Gasteiger partial charge in [-0.05, 0) is 49.6 Å². The second-order valence-electron chi connectivity index (χ2n) is 6.51. The third-order valence-corrected chi connectivity index (χ3v) is 4.92. The van der Waals surface area contributed by atoms with Gasteiger partial charge in [-0.2, -0.15) is 5.10 Å². The summed E-state index contributed by atoms with van der Waals surface area (Å²) in [6.07, 6.45) is 3.76. The Morgan fingerprint density at radius 3 is 2.43 bits per heavy atom. The van der Waals surface area contributed by atoms with Crippen LogP contribution in [0.25, 0.3) is 0 Å². The number of nitrogens with one attached hydrogen (secondary N) is 1. The number of carbonyl (C=O) groups is 1. The van der Waals surface area contributed by atoms with Crippen molar-refractivity contribution >= 4 is 5.91 Å². The number of ether oxygens (including phenoxy) is 1. The van der Waals surface area contributed by atoms with Crippen LogP contribution in [0.2, 0.25) is 0 Å². The van der Waals surface area contributed by atoms with E-state index in [0.717, 1.165) is 31.7 Å². The Kier molecular flexibility index (Phi) is 4.11. The van der Waals surface area contributed by atoms with E-state index < -0.39 is 0 Å². The molecule has 0 saturated carbocycles. The van der Waals surface area contributed by atoms with E-state index in [-0.39, 0.29) is 11.3 Å². The van der Waals surface area contributed by atoms with Gasteiger partial charge >= 0.3 is 0 Å². The topological polar surface area (TPSA) is 58.2 Å². The van der Waals surface area contributed by atoms with Crippen LogP contribution in [0.1, 0.15) is 41.4 Å². The van der Waals surface area contributed by atoms with Crippen molar-refractivity contribution in [2.45, 2.75) is 32.1 Å². The maximum absolute atomic E-state index is 12.6. The molecule has 122 valence electrons. The van der Waals surface area contributed by atoms with Crippen molar-refractivity contribution < 1.29 is 9.53 Å². The van der Waals surface area contributed by atoms with Gasteiger partial charge in [0.15, 0.2) is 0 Å². The smallest absolute Gasteiger partial charge is 0.253 e. The summed E-state index contributed by atoms with van der Waals surface area (Å²) in [7, 11) is 1.62. The molecule has 23 heavy (non-hydrogen) atoms. The van der Waals surface area contributed by atoms with Crippen molar-refractivity contribution in [2.75, 3.05) is 20.2 Å². The molecule has 2 aromatic rings. The quantitative estimate of drug-likeness (QED) is 0.948. The van der Waals surface area contributed by atoms with Crippen LogP contribution in [-0.4, -0.2) is 41.2 Å². The lowest BCUT2D eigenvalue weighted by Gasteiger charge is -2.39. The van der Waals surface area contributed by atoms with E-state index in [1.165, 1.54) is 11.3 Å². The van der Waals surface area contributed by atoms with Crippen LogP contribution in [0.4, 0.5) is 0 Å². The van der Waals surface area contributed by atoms with Gasteiger partial charge in [-0.25, -0.2) is 0 Å². The van der Waals surface area contributed by atoms with Gasteiger partial charge in [0.1, 0.15) is 5.75 Å². The van der Waals surface area contributed by atoms with Crippen LogP contribution in [0, 0.1) is 6.92 Å². The predicted octanol–water partition coefficient (Wildman–Crippen LogP) is 2.92. The largest absolute Gasteiger partial charge is 0.497 e. The third-order valence-electron chi connectivity index (χ3n) is 4.92. The Morgan fingerprint density at radius 2 is 1.91 bits per heavy atom. The molecule has 0 spiro atoms. The number of nitrogens with zero attached hydrogens (tertiary/aromatic N) is 2. The molecular weight excluding hydrogens is 290 g/mol. The summed E-state index contributed by atoms with van der Waals surface area (Å²) >= 11 is 0. The lowest BCUT2D eigenvalue weighted by atomic mass is 9.76. The van der Waals surface area contributed by atoms with Gasteiger partial charge in [-0.1, -0.05) is 6.92 Å². The fourth-order valence-corrected chi connectivity index (χ4v) is 3.33. The molecule has 0 bridgehead atoms. The van der Waals surface area contributed by atoms with Gasteiger partial charge in [0.25, 0.3) is 5.91 Å². The van der Waals surface area contributed by atoms with Crippen LogP contribution in [0.5, 0.6) is 5.75 Å². The zero-order valence-corrected chi connectivity index (χ0v) is 13.9. The molecular formula is C18H23N3O2. The molecule has 1 aliphatic rings. The van der Waals surface area contributed by atoms with Crippen LogP contribution < -0.4 is 4.74 Å². The van der Waals surface area contributed by atoms with Crippen LogP contribution in [-0.2, 0) is 5.41 Å². The molecule has 0 radical (unpaired) electrons. The minimum absolute atomic E-state index is 0.0667. The Balaban J connectivity index is 1.68. The van der Waals surface area contributed by atoms with E-state index in [0.29, 0.717) is 5.56 Å². The molecule has 0 aliphatic carbocycles. The van der Waals surface area contributed by atoms with Crippen molar-refractivity contribution in [1.82, 2.24) is 15.1 Å². The molecule has 1 aliphatic heterocycles. The van der Waals surface area contributed by atoms with Gasteiger partial charge in [-0.3, -0.25) is 9.89 Å². The molecule has 1 amide bonds. The number of rotatable bonds is 3. The van der Waals surface area contributed by atoms with Gasteiger partial charge in [0.2, 0.25) is 0 Å². The second kappa shape index (κ2) is 6.07. The first-order valence-electron chi connectivity index (χ1n) is 7.97. The highest BCUT2D eigenvalue weighted by Gasteiger charge is 2.35. The molecule has 2 heterocycles. The lowest BCUT2D eigenvalue weighted by Crippen LogP contribution is -2.44. The highest BCUT2D eigenvalue weighted by Crippen LogP contribution is 2.35. The number of piperidine rings is 1. The number of hydrogen-bond donors (Lipinski definition) is 1. The number of aryl methyl sites for hydroxylation is 1. The van der Waals surface area contributed by atoms with Gasteiger partial charge in [-0.15, -0.1) is 0 Å². The van der Waals surface area contributed by atoms with Crippen LogP contribution >= 0.6 is 0 Å². The Bertz CT molecular complexity index is 683. The number of aromatic amines is 1. The Hall–Kier alpha value is -2.30. The van der Waals surface area contributed by atoms with E-state index in [1.807, 2.05) is 35.4 Å². The molecule has 5 nitrogen and oxygen atoms in total. The summed E-state index contributed by atoms with van der Waals surface area (Å²) in [5.41, 5.74) is 3.18. The number of aromatic nitrogens is 2. The van der Waals surface area contributed by atoms with E-state index in [9.17, 15) is 4.79 Å². The van der Waals surface area contributed by atoms with Gasteiger partial charge < -0.3 is 9.64 Å². The molecule has 1 saturated heterocycles. The third kappa shape index (κ3) is 2.96. The number of likely N-dealkylation sites (tertiary alicyclic amines) is 1. The summed E-state index contributed by atoms with van der Waals surface area (Å²) in [6.45, 7) is 5.86. The van der Waals surface area contributed by atoms with E-state index in [2.05, 4.69) is 24.0 Å². The average Bonchev–Trinajstić information content (AvgIpc) is 3.02. The van der Waals surface area contributed by atoms with Crippen LogP contribution in [0.3, 0.4) is 0 Å².